The van der Waals surface area contributed by atoms with Crippen molar-refractivity contribution in [1.82, 2.24) is 10.6 Å². The quantitative estimate of drug-likeness (QED) is 0.887. The summed E-state index contributed by atoms with van der Waals surface area (Å²) in [7, 11) is 0. The molecule has 1 fully saturated rings. The highest BCUT2D eigenvalue weighted by Crippen LogP contribution is 2.22. The van der Waals surface area contributed by atoms with Crippen LogP contribution in [-0.4, -0.2) is 25.0 Å². The number of benzene rings is 2. The zero-order chi connectivity index (χ0) is 16.2. The summed E-state index contributed by atoms with van der Waals surface area (Å²) in [5, 5.41) is 6.09. The minimum absolute atomic E-state index is 0. The average molecular weight is 353 g/mol. The molecule has 0 aliphatic carbocycles. The smallest absolute Gasteiger partial charge is 0.254 e. The van der Waals surface area contributed by atoms with Crippen LogP contribution in [0.4, 0.5) is 8.78 Å². The van der Waals surface area contributed by atoms with Gasteiger partial charge in [0.2, 0.25) is 0 Å². The van der Waals surface area contributed by atoms with Crippen LogP contribution in [0.1, 0.15) is 23.2 Å². The summed E-state index contributed by atoms with van der Waals surface area (Å²) < 4.78 is 27.2. The molecule has 2 N–H and O–H groups in total. The van der Waals surface area contributed by atoms with Crippen molar-refractivity contribution in [3.8, 4) is 11.1 Å². The molecule has 128 valence electrons. The number of nitrogens with one attached hydrogen (secondary N) is 2. The Kier molecular flexibility index (Phi) is 6.29. The third kappa shape index (κ3) is 4.30. The Bertz CT molecular complexity index is 701. The summed E-state index contributed by atoms with van der Waals surface area (Å²) in [6.45, 7) is 1.72. The van der Waals surface area contributed by atoms with Gasteiger partial charge in [-0.05, 0) is 61.3 Å². The lowest BCUT2D eigenvalue weighted by Gasteiger charge is -2.23. The number of carbonyl (C=O) groups excluding carboxylic acids is 1. The fraction of sp³-hybridized carbons (Fsp3) is 0.278. The molecule has 2 aromatic carbocycles. The van der Waals surface area contributed by atoms with Crippen LogP contribution < -0.4 is 10.6 Å². The van der Waals surface area contributed by atoms with Gasteiger partial charge in [-0.1, -0.05) is 18.2 Å². The van der Waals surface area contributed by atoms with E-state index in [1.54, 1.807) is 18.2 Å². The average Bonchev–Trinajstić information content (AvgIpc) is 2.56. The molecule has 0 radical (unpaired) electrons. The standard InChI is InChI=1S/C18H18F2N2O.ClH/c19-14-4-1-12(2-5-14)13-3-6-16(17(20)11-13)18(23)22-15-7-9-21-10-8-15;/h1-6,11,15,21H,7-10H2,(H,22,23);1H. The van der Waals surface area contributed by atoms with Gasteiger partial charge in [0.05, 0.1) is 5.56 Å². The minimum atomic E-state index is -0.571. The van der Waals surface area contributed by atoms with Crippen LogP contribution >= 0.6 is 12.4 Å². The first-order chi connectivity index (χ1) is 11.1. The third-order valence-corrected chi connectivity index (χ3v) is 4.07. The van der Waals surface area contributed by atoms with E-state index in [1.807, 2.05) is 0 Å². The van der Waals surface area contributed by atoms with E-state index in [4.69, 9.17) is 0 Å². The van der Waals surface area contributed by atoms with E-state index in [1.165, 1.54) is 24.3 Å². The Hall–Kier alpha value is -1.98. The lowest BCUT2D eigenvalue weighted by Crippen LogP contribution is -2.42. The highest BCUT2D eigenvalue weighted by Gasteiger charge is 2.19. The molecular formula is C18H19ClF2N2O. The van der Waals surface area contributed by atoms with Crippen LogP contribution in [0.5, 0.6) is 0 Å². The molecule has 1 heterocycles. The van der Waals surface area contributed by atoms with Crippen molar-refractivity contribution in [3.05, 3.63) is 59.7 Å². The maximum Gasteiger partial charge on any atom is 0.254 e. The monoisotopic (exact) mass is 352 g/mol. The lowest BCUT2D eigenvalue weighted by atomic mass is 10.0. The van der Waals surface area contributed by atoms with E-state index in [2.05, 4.69) is 10.6 Å². The molecule has 3 nitrogen and oxygen atoms in total. The number of amides is 1. The van der Waals surface area contributed by atoms with E-state index in [0.717, 1.165) is 25.9 Å². The topological polar surface area (TPSA) is 41.1 Å². The van der Waals surface area contributed by atoms with E-state index in [9.17, 15) is 13.6 Å². The number of hydrogen-bond acceptors (Lipinski definition) is 2. The molecule has 0 saturated carbocycles. The lowest BCUT2D eigenvalue weighted by molar-refractivity contribution is 0.0925. The molecule has 1 amide bonds. The Morgan fingerprint density at radius 3 is 2.25 bits per heavy atom. The molecule has 2 aromatic rings. The maximum atomic E-state index is 14.3. The van der Waals surface area contributed by atoms with E-state index in [-0.39, 0.29) is 35.7 Å². The normalized spacial score (nSPS) is 14.8. The van der Waals surface area contributed by atoms with Crippen LogP contribution in [0.15, 0.2) is 42.5 Å². The number of rotatable bonds is 3. The van der Waals surface area contributed by atoms with Crippen LogP contribution in [-0.2, 0) is 0 Å². The van der Waals surface area contributed by atoms with Gasteiger partial charge in [-0.2, -0.15) is 0 Å². The van der Waals surface area contributed by atoms with Crippen LogP contribution in [0, 0.1) is 11.6 Å². The summed E-state index contributed by atoms with van der Waals surface area (Å²) in [6, 6.07) is 10.4. The van der Waals surface area contributed by atoms with Crippen molar-refractivity contribution < 1.29 is 13.6 Å². The van der Waals surface area contributed by atoms with Gasteiger partial charge in [-0.15, -0.1) is 12.4 Å². The molecule has 0 aromatic heterocycles. The predicted molar refractivity (Wildman–Crippen MR) is 92.4 cm³/mol. The summed E-state index contributed by atoms with van der Waals surface area (Å²) >= 11 is 0. The van der Waals surface area contributed by atoms with Gasteiger partial charge in [0.15, 0.2) is 0 Å². The molecule has 1 saturated heterocycles. The summed E-state index contributed by atoms with van der Waals surface area (Å²) in [5.41, 5.74) is 1.35. The molecule has 0 unspecified atom stereocenters. The van der Waals surface area contributed by atoms with Gasteiger partial charge in [-0.3, -0.25) is 4.79 Å². The summed E-state index contributed by atoms with van der Waals surface area (Å²) in [6.07, 6.45) is 1.70. The van der Waals surface area contributed by atoms with Crippen LogP contribution in [0.2, 0.25) is 0 Å². The van der Waals surface area contributed by atoms with Crippen LogP contribution in [0.25, 0.3) is 11.1 Å². The van der Waals surface area contributed by atoms with Crippen molar-refractivity contribution >= 4 is 18.3 Å². The first-order valence-electron chi connectivity index (χ1n) is 7.70. The SMILES string of the molecule is Cl.O=C(NC1CCNCC1)c1ccc(-c2ccc(F)cc2)cc1F. The first kappa shape index (κ1) is 18.4. The first-order valence-corrected chi connectivity index (χ1v) is 7.70. The largest absolute Gasteiger partial charge is 0.349 e. The van der Waals surface area contributed by atoms with Gasteiger partial charge in [0.25, 0.3) is 5.91 Å². The Morgan fingerprint density at radius 1 is 1.00 bits per heavy atom. The molecule has 1 aliphatic heterocycles. The number of halogens is 3. The second-order valence-corrected chi connectivity index (χ2v) is 5.70. The van der Waals surface area contributed by atoms with Gasteiger partial charge in [0.1, 0.15) is 11.6 Å². The van der Waals surface area contributed by atoms with Crippen molar-refractivity contribution in [2.45, 2.75) is 18.9 Å². The Labute approximate surface area is 145 Å². The Morgan fingerprint density at radius 2 is 1.62 bits per heavy atom. The molecular weight excluding hydrogens is 334 g/mol. The fourth-order valence-electron chi connectivity index (χ4n) is 2.75. The van der Waals surface area contributed by atoms with E-state index >= 15 is 0 Å². The highest BCUT2D eigenvalue weighted by atomic mass is 35.5. The molecule has 1 aliphatic rings. The predicted octanol–water partition coefficient (Wildman–Crippen LogP) is 3.54. The van der Waals surface area contributed by atoms with Crippen molar-refractivity contribution in [3.63, 3.8) is 0 Å². The second-order valence-electron chi connectivity index (χ2n) is 5.70. The number of hydrogen-bond donors (Lipinski definition) is 2. The van der Waals surface area contributed by atoms with E-state index < -0.39 is 5.82 Å². The van der Waals surface area contributed by atoms with Crippen LogP contribution in [0.3, 0.4) is 0 Å². The minimum Gasteiger partial charge on any atom is -0.349 e. The maximum absolute atomic E-state index is 14.3. The van der Waals surface area contributed by atoms with Crippen molar-refractivity contribution in [2.75, 3.05) is 13.1 Å². The third-order valence-electron chi connectivity index (χ3n) is 4.07. The zero-order valence-electron chi connectivity index (χ0n) is 13.0. The molecule has 3 rings (SSSR count). The van der Waals surface area contributed by atoms with E-state index in [0.29, 0.717) is 11.1 Å². The van der Waals surface area contributed by atoms with Gasteiger partial charge < -0.3 is 10.6 Å². The van der Waals surface area contributed by atoms with Crippen molar-refractivity contribution in [1.29, 1.82) is 0 Å². The fourth-order valence-corrected chi connectivity index (χ4v) is 2.75. The molecule has 6 heteroatoms. The van der Waals surface area contributed by atoms with Gasteiger partial charge in [0, 0.05) is 6.04 Å². The second kappa shape index (κ2) is 8.22. The number of piperidine rings is 1. The number of carbonyl (C=O) groups is 1. The Balaban J connectivity index is 0.00000208. The molecule has 0 spiro atoms. The molecule has 0 atom stereocenters. The summed E-state index contributed by atoms with van der Waals surface area (Å²) in [4.78, 5) is 12.2. The van der Waals surface area contributed by atoms with Gasteiger partial charge in [-0.25, -0.2) is 8.78 Å². The highest BCUT2D eigenvalue weighted by molar-refractivity contribution is 5.95. The molecule has 0 bridgehead atoms. The van der Waals surface area contributed by atoms with Crippen molar-refractivity contribution in [2.24, 2.45) is 0 Å². The van der Waals surface area contributed by atoms with Gasteiger partial charge >= 0.3 is 0 Å². The zero-order valence-corrected chi connectivity index (χ0v) is 13.8. The molecule has 24 heavy (non-hydrogen) atoms. The summed E-state index contributed by atoms with van der Waals surface area (Å²) in [5.74, 6) is -1.30.